The van der Waals surface area contributed by atoms with Crippen molar-refractivity contribution < 1.29 is 9.90 Å². The van der Waals surface area contributed by atoms with Crippen molar-refractivity contribution in [2.24, 2.45) is 0 Å². The standard InChI is InChI=1S/C13H9N3O2/c17-13(18)12-7-15-11(6-16-12)9-5-14-10-4-2-1-3-8(9)10/h1-7,14H,(H,17,18). The lowest BCUT2D eigenvalue weighted by atomic mass is 10.1. The van der Waals surface area contributed by atoms with Crippen molar-refractivity contribution in [2.75, 3.05) is 0 Å². The average molecular weight is 239 g/mol. The normalized spacial score (nSPS) is 10.7. The maximum atomic E-state index is 10.7. The maximum Gasteiger partial charge on any atom is 0.356 e. The molecular weight excluding hydrogens is 230 g/mol. The molecule has 0 amide bonds. The summed E-state index contributed by atoms with van der Waals surface area (Å²) in [5, 5.41) is 9.81. The Balaban J connectivity index is 2.12. The number of nitrogens with zero attached hydrogens (tertiary/aromatic N) is 2. The van der Waals surface area contributed by atoms with E-state index in [1.54, 1.807) is 0 Å². The zero-order valence-electron chi connectivity index (χ0n) is 9.29. The van der Waals surface area contributed by atoms with Crippen LogP contribution in [0.1, 0.15) is 10.5 Å². The summed E-state index contributed by atoms with van der Waals surface area (Å²) in [5.74, 6) is -1.08. The fourth-order valence-corrected chi connectivity index (χ4v) is 1.86. The number of aromatic nitrogens is 3. The Labute approximate surface area is 102 Å². The number of nitrogens with one attached hydrogen (secondary N) is 1. The second-order valence-corrected chi connectivity index (χ2v) is 3.84. The Bertz CT molecular complexity index is 716. The highest BCUT2D eigenvalue weighted by Gasteiger charge is 2.09. The third kappa shape index (κ3) is 1.62. The molecule has 1 aromatic carbocycles. The van der Waals surface area contributed by atoms with Gasteiger partial charge in [0.05, 0.1) is 18.1 Å². The lowest BCUT2D eigenvalue weighted by Gasteiger charge is -1.98. The summed E-state index contributed by atoms with van der Waals surface area (Å²) in [4.78, 5) is 21.8. The van der Waals surface area contributed by atoms with Gasteiger partial charge in [-0.2, -0.15) is 0 Å². The molecule has 3 aromatic rings. The van der Waals surface area contributed by atoms with Crippen LogP contribution < -0.4 is 0 Å². The molecule has 2 aromatic heterocycles. The van der Waals surface area contributed by atoms with Gasteiger partial charge in [0, 0.05) is 22.7 Å². The molecule has 2 N–H and O–H groups in total. The smallest absolute Gasteiger partial charge is 0.356 e. The molecule has 0 atom stereocenters. The number of aromatic amines is 1. The van der Waals surface area contributed by atoms with E-state index in [1.165, 1.54) is 12.4 Å². The molecule has 0 saturated heterocycles. The highest BCUT2D eigenvalue weighted by molar-refractivity contribution is 5.94. The van der Waals surface area contributed by atoms with Crippen LogP contribution in [0.2, 0.25) is 0 Å². The van der Waals surface area contributed by atoms with Crippen LogP contribution in [0.4, 0.5) is 0 Å². The van der Waals surface area contributed by atoms with Gasteiger partial charge in [0.2, 0.25) is 0 Å². The molecule has 0 fully saturated rings. The molecule has 5 nitrogen and oxygen atoms in total. The van der Waals surface area contributed by atoms with Gasteiger partial charge in [0.25, 0.3) is 0 Å². The topological polar surface area (TPSA) is 78.9 Å². The fourth-order valence-electron chi connectivity index (χ4n) is 1.86. The first-order chi connectivity index (χ1) is 8.75. The van der Waals surface area contributed by atoms with E-state index in [0.717, 1.165) is 16.5 Å². The van der Waals surface area contributed by atoms with Gasteiger partial charge in [-0.1, -0.05) is 18.2 Å². The minimum absolute atomic E-state index is 0.0569. The number of hydrogen-bond acceptors (Lipinski definition) is 3. The number of rotatable bonds is 2. The van der Waals surface area contributed by atoms with E-state index in [1.807, 2.05) is 30.5 Å². The molecule has 0 saturated carbocycles. The Morgan fingerprint density at radius 2 is 2.00 bits per heavy atom. The third-order valence-electron chi connectivity index (χ3n) is 2.74. The van der Waals surface area contributed by atoms with E-state index < -0.39 is 5.97 Å². The maximum absolute atomic E-state index is 10.7. The molecule has 5 heteroatoms. The van der Waals surface area contributed by atoms with E-state index >= 15 is 0 Å². The first kappa shape index (κ1) is 10.5. The summed E-state index contributed by atoms with van der Waals surface area (Å²) in [5.41, 5.74) is 2.52. The van der Waals surface area contributed by atoms with Crippen LogP contribution in [0.5, 0.6) is 0 Å². The quantitative estimate of drug-likeness (QED) is 0.719. The Hall–Kier alpha value is -2.69. The number of para-hydroxylation sites is 1. The number of aromatic carboxylic acids is 1. The van der Waals surface area contributed by atoms with Crippen LogP contribution in [0.3, 0.4) is 0 Å². The van der Waals surface area contributed by atoms with Crippen molar-refractivity contribution in [1.82, 2.24) is 15.0 Å². The molecule has 0 aliphatic carbocycles. The van der Waals surface area contributed by atoms with E-state index in [9.17, 15) is 4.79 Å². The van der Waals surface area contributed by atoms with Crippen LogP contribution in [-0.4, -0.2) is 26.0 Å². The predicted molar refractivity (Wildman–Crippen MR) is 66.3 cm³/mol. The second kappa shape index (κ2) is 3.96. The van der Waals surface area contributed by atoms with Gasteiger partial charge in [-0.15, -0.1) is 0 Å². The highest BCUT2D eigenvalue weighted by Crippen LogP contribution is 2.26. The molecule has 0 unspecified atom stereocenters. The van der Waals surface area contributed by atoms with Crippen molar-refractivity contribution in [3.8, 4) is 11.3 Å². The van der Waals surface area contributed by atoms with Crippen LogP contribution in [0, 0.1) is 0 Å². The highest BCUT2D eigenvalue weighted by atomic mass is 16.4. The lowest BCUT2D eigenvalue weighted by Crippen LogP contribution is -2.00. The number of hydrogen-bond donors (Lipinski definition) is 2. The van der Waals surface area contributed by atoms with Gasteiger partial charge in [0.1, 0.15) is 0 Å². The molecule has 0 bridgehead atoms. The van der Waals surface area contributed by atoms with E-state index in [4.69, 9.17) is 5.11 Å². The van der Waals surface area contributed by atoms with Crippen molar-refractivity contribution in [3.05, 3.63) is 48.5 Å². The lowest BCUT2D eigenvalue weighted by molar-refractivity contribution is 0.0690. The first-order valence-corrected chi connectivity index (χ1v) is 5.37. The van der Waals surface area contributed by atoms with Crippen molar-refractivity contribution in [3.63, 3.8) is 0 Å². The van der Waals surface area contributed by atoms with Crippen LogP contribution in [-0.2, 0) is 0 Å². The number of benzene rings is 1. The second-order valence-electron chi connectivity index (χ2n) is 3.84. The zero-order valence-corrected chi connectivity index (χ0v) is 9.29. The molecule has 0 radical (unpaired) electrons. The van der Waals surface area contributed by atoms with Gasteiger partial charge in [-0.25, -0.2) is 9.78 Å². The Morgan fingerprint density at radius 3 is 2.72 bits per heavy atom. The summed E-state index contributed by atoms with van der Waals surface area (Å²) in [6.45, 7) is 0. The summed E-state index contributed by atoms with van der Waals surface area (Å²) in [6.07, 6.45) is 4.58. The number of carboxylic acids is 1. The SMILES string of the molecule is O=C(O)c1cnc(-c2c[nH]c3ccccc23)cn1. The van der Waals surface area contributed by atoms with Gasteiger partial charge < -0.3 is 10.1 Å². The summed E-state index contributed by atoms with van der Waals surface area (Å²) < 4.78 is 0. The average Bonchev–Trinajstić information content (AvgIpc) is 2.82. The van der Waals surface area contributed by atoms with E-state index in [0.29, 0.717) is 5.69 Å². The van der Waals surface area contributed by atoms with Crippen LogP contribution >= 0.6 is 0 Å². The largest absolute Gasteiger partial charge is 0.476 e. The fraction of sp³-hybridized carbons (Fsp3) is 0. The van der Waals surface area contributed by atoms with Crippen LogP contribution in [0.25, 0.3) is 22.2 Å². The molecule has 2 heterocycles. The summed E-state index contributed by atoms with van der Waals surface area (Å²) in [7, 11) is 0. The molecule has 0 aliphatic rings. The molecule has 0 aliphatic heterocycles. The van der Waals surface area contributed by atoms with Crippen molar-refractivity contribution in [1.29, 1.82) is 0 Å². The van der Waals surface area contributed by atoms with Gasteiger partial charge in [-0.05, 0) is 6.07 Å². The first-order valence-electron chi connectivity index (χ1n) is 5.37. The predicted octanol–water partition coefficient (Wildman–Crippen LogP) is 2.32. The van der Waals surface area contributed by atoms with Gasteiger partial charge in [0.15, 0.2) is 5.69 Å². The zero-order chi connectivity index (χ0) is 12.5. The van der Waals surface area contributed by atoms with Crippen LogP contribution in [0.15, 0.2) is 42.9 Å². The number of H-pyrrole nitrogens is 1. The monoisotopic (exact) mass is 239 g/mol. The molecule has 18 heavy (non-hydrogen) atoms. The minimum atomic E-state index is -1.08. The van der Waals surface area contributed by atoms with E-state index in [2.05, 4.69) is 15.0 Å². The Morgan fingerprint density at radius 1 is 1.17 bits per heavy atom. The van der Waals surface area contributed by atoms with E-state index in [-0.39, 0.29) is 5.69 Å². The summed E-state index contributed by atoms with van der Waals surface area (Å²) >= 11 is 0. The summed E-state index contributed by atoms with van der Waals surface area (Å²) in [6, 6.07) is 7.84. The molecule has 88 valence electrons. The molecule has 0 spiro atoms. The van der Waals surface area contributed by atoms with Crippen molar-refractivity contribution in [2.45, 2.75) is 0 Å². The number of carboxylic acid groups (broad SMARTS) is 1. The molecular formula is C13H9N3O2. The third-order valence-corrected chi connectivity index (χ3v) is 2.74. The minimum Gasteiger partial charge on any atom is -0.476 e. The van der Waals surface area contributed by atoms with Crippen molar-refractivity contribution >= 4 is 16.9 Å². The Kier molecular flexibility index (Phi) is 2.30. The van der Waals surface area contributed by atoms with Gasteiger partial charge in [-0.3, -0.25) is 4.98 Å². The molecule has 3 rings (SSSR count). The number of fused-ring (bicyclic) bond motifs is 1. The number of carbonyl (C=O) groups is 1. The van der Waals surface area contributed by atoms with Gasteiger partial charge >= 0.3 is 5.97 Å².